The van der Waals surface area contributed by atoms with Gasteiger partial charge in [-0.25, -0.2) is 0 Å². The standard InChI is InChI=1S/C8H13O2/c1-4-7(5-2)8(10)6(3)9/h4,6,9H,3,5H2,1-2H3. The van der Waals surface area contributed by atoms with Gasteiger partial charge in [0, 0.05) is 0 Å². The van der Waals surface area contributed by atoms with Crippen LogP contribution in [-0.2, 0) is 4.79 Å². The van der Waals surface area contributed by atoms with Crippen molar-refractivity contribution < 1.29 is 9.90 Å². The number of allylic oxidation sites excluding steroid dienone is 1. The first-order valence-electron chi connectivity index (χ1n) is 3.34. The summed E-state index contributed by atoms with van der Waals surface area (Å²) in [5, 5.41) is 8.75. The minimum absolute atomic E-state index is 0.273. The van der Waals surface area contributed by atoms with Crippen LogP contribution < -0.4 is 0 Å². The Morgan fingerprint density at radius 1 is 1.80 bits per heavy atom. The molecular weight excluding hydrogens is 128 g/mol. The van der Waals surface area contributed by atoms with Gasteiger partial charge in [-0.15, -0.1) is 0 Å². The van der Waals surface area contributed by atoms with E-state index in [0.717, 1.165) is 0 Å². The molecule has 0 amide bonds. The SMILES string of the molecule is [CH2]C(O)C(=O)C(=CC)CC. The molecule has 1 atom stereocenters. The summed E-state index contributed by atoms with van der Waals surface area (Å²) in [5.74, 6) is -0.273. The molecule has 10 heavy (non-hydrogen) atoms. The molecule has 2 nitrogen and oxygen atoms in total. The van der Waals surface area contributed by atoms with Crippen LogP contribution in [0.4, 0.5) is 0 Å². The van der Waals surface area contributed by atoms with Gasteiger partial charge in [-0.2, -0.15) is 0 Å². The van der Waals surface area contributed by atoms with E-state index in [2.05, 4.69) is 6.92 Å². The second-order valence-electron chi connectivity index (χ2n) is 2.05. The van der Waals surface area contributed by atoms with Gasteiger partial charge in [0.1, 0.15) is 6.10 Å². The van der Waals surface area contributed by atoms with E-state index in [-0.39, 0.29) is 5.78 Å². The molecule has 0 heterocycles. The van der Waals surface area contributed by atoms with Gasteiger partial charge >= 0.3 is 0 Å². The fraction of sp³-hybridized carbons (Fsp3) is 0.500. The smallest absolute Gasteiger partial charge is 0.186 e. The van der Waals surface area contributed by atoms with Crippen LogP contribution in [0.2, 0.25) is 0 Å². The topological polar surface area (TPSA) is 37.3 Å². The first-order chi connectivity index (χ1) is 4.63. The van der Waals surface area contributed by atoms with Crippen molar-refractivity contribution in [3.63, 3.8) is 0 Å². The van der Waals surface area contributed by atoms with Crippen molar-refractivity contribution in [1.82, 2.24) is 0 Å². The lowest BCUT2D eigenvalue weighted by atomic mass is 10.1. The van der Waals surface area contributed by atoms with Gasteiger partial charge in [0.25, 0.3) is 0 Å². The summed E-state index contributed by atoms with van der Waals surface area (Å²) in [6.07, 6.45) is 1.25. The summed E-state index contributed by atoms with van der Waals surface area (Å²) < 4.78 is 0. The first kappa shape index (κ1) is 9.37. The molecule has 57 valence electrons. The maximum Gasteiger partial charge on any atom is 0.186 e. The molecule has 0 saturated heterocycles. The van der Waals surface area contributed by atoms with Gasteiger partial charge < -0.3 is 5.11 Å². The predicted octanol–water partition coefficient (Wildman–Crippen LogP) is 1.11. The lowest BCUT2D eigenvalue weighted by Crippen LogP contribution is -2.18. The van der Waals surface area contributed by atoms with E-state index in [9.17, 15) is 4.79 Å². The van der Waals surface area contributed by atoms with Crippen molar-refractivity contribution in [3.8, 4) is 0 Å². The molecule has 0 fully saturated rings. The molecule has 0 saturated carbocycles. The molecule has 1 radical (unpaired) electrons. The monoisotopic (exact) mass is 141 g/mol. The van der Waals surface area contributed by atoms with Gasteiger partial charge in [-0.05, 0) is 25.8 Å². The Hall–Kier alpha value is -0.630. The van der Waals surface area contributed by atoms with Crippen LogP contribution in [0.5, 0.6) is 0 Å². The van der Waals surface area contributed by atoms with Crippen LogP contribution in [-0.4, -0.2) is 17.0 Å². The number of carbonyl (C=O) groups excluding carboxylic acids is 1. The molecule has 0 aliphatic heterocycles. The Kier molecular flexibility index (Phi) is 3.96. The van der Waals surface area contributed by atoms with E-state index in [1.165, 1.54) is 0 Å². The number of aliphatic hydroxyl groups excluding tert-OH is 1. The molecule has 0 aromatic carbocycles. The third-order valence-electron chi connectivity index (χ3n) is 1.35. The summed E-state index contributed by atoms with van der Waals surface area (Å²) in [4.78, 5) is 10.9. The maximum atomic E-state index is 10.9. The van der Waals surface area contributed by atoms with Crippen LogP contribution in [0.3, 0.4) is 0 Å². The number of ketones is 1. The second kappa shape index (κ2) is 4.23. The lowest BCUT2D eigenvalue weighted by Gasteiger charge is -2.03. The molecule has 1 unspecified atom stereocenters. The van der Waals surface area contributed by atoms with Crippen LogP contribution >= 0.6 is 0 Å². The number of Topliss-reactive ketones (excluding diaryl/α,β-unsaturated/α-hetero) is 1. The Balaban J connectivity index is 4.18. The molecule has 0 aliphatic carbocycles. The molecule has 0 aliphatic rings. The zero-order valence-corrected chi connectivity index (χ0v) is 6.42. The minimum Gasteiger partial charge on any atom is -0.385 e. The van der Waals surface area contributed by atoms with Gasteiger partial charge in [-0.1, -0.05) is 13.0 Å². The van der Waals surface area contributed by atoms with Crippen molar-refractivity contribution in [3.05, 3.63) is 18.6 Å². The van der Waals surface area contributed by atoms with Crippen molar-refractivity contribution >= 4 is 5.78 Å². The number of hydrogen-bond donors (Lipinski definition) is 1. The van der Waals surface area contributed by atoms with Gasteiger partial charge in [0.05, 0.1) is 0 Å². The zero-order valence-electron chi connectivity index (χ0n) is 6.42. The third-order valence-corrected chi connectivity index (χ3v) is 1.35. The van der Waals surface area contributed by atoms with E-state index >= 15 is 0 Å². The van der Waals surface area contributed by atoms with Gasteiger partial charge in [0.15, 0.2) is 5.78 Å². The van der Waals surface area contributed by atoms with Crippen molar-refractivity contribution in [2.75, 3.05) is 0 Å². The average molecular weight is 141 g/mol. The highest BCUT2D eigenvalue weighted by molar-refractivity contribution is 5.98. The summed E-state index contributed by atoms with van der Waals surface area (Å²) in [5.41, 5.74) is 0.641. The van der Waals surface area contributed by atoms with E-state index in [1.54, 1.807) is 13.0 Å². The van der Waals surface area contributed by atoms with E-state index < -0.39 is 6.10 Å². The predicted molar refractivity (Wildman–Crippen MR) is 40.4 cm³/mol. The highest BCUT2D eigenvalue weighted by Crippen LogP contribution is 2.04. The normalized spacial score (nSPS) is 15.0. The summed E-state index contributed by atoms with van der Waals surface area (Å²) in [6, 6.07) is 0. The molecule has 0 aromatic heterocycles. The Labute approximate surface area is 61.6 Å². The maximum absolute atomic E-state index is 10.9. The largest absolute Gasteiger partial charge is 0.385 e. The van der Waals surface area contributed by atoms with Crippen LogP contribution in [0.15, 0.2) is 11.6 Å². The molecule has 2 heteroatoms. The van der Waals surface area contributed by atoms with E-state index in [0.29, 0.717) is 12.0 Å². The summed E-state index contributed by atoms with van der Waals surface area (Å²) in [6.45, 7) is 6.87. The highest BCUT2D eigenvalue weighted by Gasteiger charge is 2.11. The van der Waals surface area contributed by atoms with E-state index in [4.69, 9.17) is 5.11 Å². The van der Waals surface area contributed by atoms with Gasteiger partial charge in [0.2, 0.25) is 0 Å². The van der Waals surface area contributed by atoms with Crippen LogP contribution in [0.25, 0.3) is 0 Å². The van der Waals surface area contributed by atoms with E-state index in [1.807, 2.05) is 6.92 Å². The Bertz CT molecular complexity index is 145. The molecule has 0 bridgehead atoms. The molecule has 0 rings (SSSR count). The fourth-order valence-corrected chi connectivity index (χ4v) is 0.735. The lowest BCUT2D eigenvalue weighted by molar-refractivity contribution is -0.121. The summed E-state index contributed by atoms with van der Waals surface area (Å²) in [7, 11) is 0. The Morgan fingerprint density at radius 2 is 2.30 bits per heavy atom. The van der Waals surface area contributed by atoms with Crippen LogP contribution in [0.1, 0.15) is 20.3 Å². The Morgan fingerprint density at radius 3 is 2.40 bits per heavy atom. The molecule has 0 spiro atoms. The average Bonchev–Trinajstić information content (AvgIpc) is 1.90. The number of aliphatic hydroxyl groups is 1. The first-order valence-corrected chi connectivity index (χ1v) is 3.34. The molecular formula is C8H13O2. The van der Waals surface area contributed by atoms with Crippen molar-refractivity contribution in [1.29, 1.82) is 0 Å². The number of carbonyl (C=O) groups is 1. The second-order valence-corrected chi connectivity index (χ2v) is 2.05. The summed E-state index contributed by atoms with van der Waals surface area (Å²) >= 11 is 0. The number of rotatable bonds is 3. The van der Waals surface area contributed by atoms with Crippen molar-refractivity contribution in [2.24, 2.45) is 0 Å². The van der Waals surface area contributed by atoms with Gasteiger partial charge in [-0.3, -0.25) is 4.79 Å². The molecule has 1 N–H and O–H groups in total. The highest BCUT2D eigenvalue weighted by atomic mass is 16.3. The third kappa shape index (κ3) is 2.31. The molecule has 0 aromatic rings. The minimum atomic E-state index is -1.11. The quantitative estimate of drug-likeness (QED) is 0.598. The fourth-order valence-electron chi connectivity index (χ4n) is 0.735. The number of hydrogen-bond acceptors (Lipinski definition) is 2. The zero-order chi connectivity index (χ0) is 8.15. The van der Waals surface area contributed by atoms with Crippen LogP contribution in [0, 0.1) is 6.92 Å². The van der Waals surface area contributed by atoms with Crippen molar-refractivity contribution in [2.45, 2.75) is 26.4 Å².